The normalized spacial score (nSPS) is 27.6. The van der Waals surface area contributed by atoms with Crippen molar-refractivity contribution in [2.75, 3.05) is 16.8 Å². The van der Waals surface area contributed by atoms with Crippen LogP contribution in [0, 0.1) is 27.9 Å². The van der Waals surface area contributed by atoms with E-state index in [-0.39, 0.29) is 16.1 Å². The van der Waals surface area contributed by atoms with Gasteiger partial charge in [0.25, 0.3) is 0 Å². The molecule has 0 unspecified atom stereocenters. The number of fused-ring (bicyclic) bond motifs is 1. The standard InChI is InChI=1S/C26H29N5O2/c1-2-30(22-9-5-7-20-6-3-4-8-21(20)22)25-23(31(32)33)24(27-16-28-25)29-26-13-17-10-18(14-26)12-19(11-17)15-26/h3-9,16-19H,2,10-15H2,1H3,(H,27,28,29). The fourth-order valence-corrected chi connectivity index (χ4v) is 7.22. The second-order valence-corrected chi connectivity index (χ2v) is 10.2. The molecule has 7 heteroatoms. The molecule has 7 nitrogen and oxygen atoms in total. The number of nitrogens with zero attached hydrogens (tertiary/aromatic N) is 4. The zero-order chi connectivity index (χ0) is 22.6. The third-order valence-electron chi connectivity index (χ3n) is 8.04. The molecule has 4 saturated carbocycles. The molecule has 4 aliphatic rings. The van der Waals surface area contributed by atoms with Crippen molar-refractivity contribution in [2.24, 2.45) is 17.8 Å². The summed E-state index contributed by atoms with van der Waals surface area (Å²) in [6, 6.07) is 14.2. The minimum Gasteiger partial charge on any atom is -0.359 e. The summed E-state index contributed by atoms with van der Waals surface area (Å²) in [4.78, 5) is 22.9. The van der Waals surface area contributed by atoms with Crippen LogP contribution in [0.1, 0.15) is 45.4 Å². The zero-order valence-corrected chi connectivity index (χ0v) is 18.9. The summed E-state index contributed by atoms with van der Waals surface area (Å²) in [6.07, 6.45) is 8.72. The third-order valence-corrected chi connectivity index (χ3v) is 8.04. The van der Waals surface area contributed by atoms with Crippen LogP contribution in [-0.2, 0) is 0 Å². The molecule has 0 atom stereocenters. The van der Waals surface area contributed by atoms with Gasteiger partial charge in [-0.3, -0.25) is 10.1 Å². The number of anilines is 3. The van der Waals surface area contributed by atoms with Gasteiger partial charge in [0.1, 0.15) is 6.33 Å². The fraction of sp³-hybridized carbons (Fsp3) is 0.462. The smallest absolute Gasteiger partial charge is 0.353 e. The lowest BCUT2D eigenvalue weighted by molar-refractivity contribution is -0.383. The third kappa shape index (κ3) is 3.41. The summed E-state index contributed by atoms with van der Waals surface area (Å²) in [5.41, 5.74) is 0.822. The van der Waals surface area contributed by atoms with Crippen LogP contribution in [0.25, 0.3) is 10.8 Å². The number of hydrogen-bond acceptors (Lipinski definition) is 6. The van der Waals surface area contributed by atoms with E-state index in [1.54, 1.807) is 0 Å². The average molecular weight is 444 g/mol. The van der Waals surface area contributed by atoms with Crippen molar-refractivity contribution in [1.29, 1.82) is 0 Å². The molecule has 4 bridgehead atoms. The van der Waals surface area contributed by atoms with E-state index in [1.165, 1.54) is 25.6 Å². The Bertz CT molecular complexity index is 1190. The number of aromatic nitrogens is 2. The molecular formula is C26H29N5O2. The maximum atomic E-state index is 12.4. The van der Waals surface area contributed by atoms with Gasteiger partial charge in [0, 0.05) is 17.5 Å². The Morgan fingerprint density at radius 3 is 2.36 bits per heavy atom. The van der Waals surface area contributed by atoms with E-state index in [1.807, 2.05) is 36.1 Å². The Balaban J connectivity index is 1.43. The van der Waals surface area contributed by atoms with Crippen LogP contribution in [-0.4, -0.2) is 27.0 Å². The van der Waals surface area contributed by atoms with Crippen molar-refractivity contribution in [1.82, 2.24) is 9.97 Å². The van der Waals surface area contributed by atoms with Gasteiger partial charge >= 0.3 is 5.69 Å². The predicted octanol–water partition coefficient (Wildman–Crippen LogP) is 6.08. The second kappa shape index (κ2) is 7.68. The van der Waals surface area contributed by atoms with Crippen molar-refractivity contribution in [3.8, 4) is 0 Å². The van der Waals surface area contributed by atoms with Crippen LogP contribution in [0.3, 0.4) is 0 Å². The summed E-state index contributed by atoms with van der Waals surface area (Å²) >= 11 is 0. The largest absolute Gasteiger partial charge is 0.359 e. The Kier molecular flexibility index (Phi) is 4.75. The molecule has 3 aromatic rings. The Morgan fingerprint density at radius 1 is 1.03 bits per heavy atom. The highest BCUT2D eigenvalue weighted by Gasteiger charge is 2.51. The topological polar surface area (TPSA) is 84.2 Å². The van der Waals surface area contributed by atoms with Gasteiger partial charge in [-0.25, -0.2) is 9.97 Å². The predicted molar refractivity (Wildman–Crippen MR) is 130 cm³/mol. The molecule has 4 aliphatic carbocycles. The van der Waals surface area contributed by atoms with Crippen molar-refractivity contribution in [3.63, 3.8) is 0 Å². The molecule has 2 aromatic carbocycles. The van der Waals surface area contributed by atoms with Gasteiger partial charge in [0.15, 0.2) is 0 Å². The Labute approximate surface area is 193 Å². The summed E-state index contributed by atoms with van der Waals surface area (Å²) in [5, 5.41) is 18.2. The zero-order valence-electron chi connectivity index (χ0n) is 18.9. The average Bonchev–Trinajstić information content (AvgIpc) is 2.78. The van der Waals surface area contributed by atoms with Gasteiger partial charge in [-0.05, 0) is 74.7 Å². The number of benzene rings is 2. The number of hydrogen-bond donors (Lipinski definition) is 1. The quantitative estimate of drug-likeness (QED) is 0.367. The molecule has 1 N–H and O–H groups in total. The highest BCUT2D eigenvalue weighted by molar-refractivity contribution is 5.96. The van der Waals surface area contributed by atoms with Gasteiger partial charge in [-0.2, -0.15) is 0 Å². The molecule has 1 aromatic heterocycles. The molecule has 7 rings (SSSR count). The van der Waals surface area contributed by atoms with Gasteiger partial charge in [0.2, 0.25) is 11.6 Å². The highest BCUT2D eigenvalue weighted by atomic mass is 16.6. The molecular weight excluding hydrogens is 414 g/mol. The maximum Gasteiger partial charge on any atom is 0.353 e. The fourth-order valence-electron chi connectivity index (χ4n) is 7.22. The van der Waals surface area contributed by atoms with Crippen LogP contribution in [0.4, 0.5) is 23.0 Å². The summed E-state index contributed by atoms with van der Waals surface area (Å²) in [6.45, 7) is 2.56. The van der Waals surface area contributed by atoms with E-state index in [4.69, 9.17) is 0 Å². The lowest BCUT2D eigenvalue weighted by Crippen LogP contribution is -2.55. The number of nitro groups is 1. The monoisotopic (exact) mass is 443 g/mol. The molecule has 4 fully saturated rings. The summed E-state index contributed by atoms with van der Waals surface area (Å²) in [5.74, 6) is 2.94. The molecule has 0 radical (unpaired) electrons. The van der Waals surface area contributed by atoms with Crippen LogP contribution in [0.5, 0.6) is 0 Å². The van der Waals surface area contributed by atoms with Gasteiger partial charge in [0.05, 0.1) is 10.6 Å². The molecule has 1 heterocycles. The summed E-state index contributed by atoms with van der Waals surface area (Å²) in [7, 11) is 0. The number of nitrogens with one attached hydrogen (secondary N) is 1. The van der Waals surface area contributed by atoms with Crippen LogP contribution in [0.2, 0.25) is 0 Å². The molecule has 0 aliphatic heterocycles. The van der Waals surface area contributed by atoms with Crippen molar-refractivity contribution in [3.05, 3.63) is 58.9 Å². The van der Waals surface area contributed by atoms with Crippen LogP contribution in [0.15, 0.2) is 48.8 Å². The van der Waals surface area contributed by atoms with Gasteiger partial charge in [-0.1, -0.05) is 36.4 Å². The lowest BCUT2D eigenvalue weighted by Gasteiger charge is -2.57. The second-order valence-electron chi connectivity index (χ2n) is 10.2. The Hall–Kier alpha value is -3.22. The molecule has 33 heavy (non-hydrogen) atoms. The van der Waals surface area contributed by atoms with Crippen molar-refractivity contribution < 1.29 is 4.92 Å². The van der Waals surface area contributed by atoms with E-state index < -0.39 is 0 Å². The number of rotatable bonds is 6. The molecule has 0 saturated heterocycles. The van der Waals surface area contributed by atoms with Gasteiger partial charge in [-0.15, -0.1) is 0 Å². The van der Waals surface area contributed by atoms with Crippen LogP contribution < -0.4 is 10.2 Å². The molecule has 0 spiro atoms. The van der Waals surface area contributed by atoms with E-state index in [2.05, 4.69) is 33.5 Å². The van der Waals surface area contributed by atoms with E-state index in [0.717, 1.165) is 53.5 Å². The van der Waals surface area contributed by atoms with E-state index in [0.29, 0.717) is 18.2 Å². The lowest BCUT2D eigenvalue weighted by atomic mass is 9.53. The Morgan fingerprint density at radius 2 is 1.70 bits per heavy atom. The maximum absolute atomic E-state index is 12.4. The highest BCUT2D eigenvalue weighted by Crippen LogP contribution is 2.57. The van der Waals surface area contributed by atoms with Crippen molar-refractivity contribution in [2.45, 2.75) is 51.0 Å². The van der Waals surface area contributed by atoms with Crippen molar-refractivity contribution >= 4 is 33.8 Å². The van der Waals surface area contributed by atoms with Crippen LogP contribution >= 0.6 is 0 Å². The first kappa shape index (κ1) is 20.4. The van der Waals surface area contributed by atoms with E-state index in [9.17, 15) is 10.1 Å². The first-order valence-electron chi connectivity index (χ1n) is 12.1. The van der Waals surface area contributed by atoms with Gasteiger partial charge < -0.3 is 10.2 Å². The first-order valence-corrected chi connectivity index (χ1v) is 12.1. The summed E-state index contributed by atoms with van der Waals surface area (Å²) < 4.78 is 0. The minimum absolute atomic E-state index is 0.0250. The minimum atomic E-state index is -0.314. The first-order chi connectivity index (χ1) is 16.0. The van der Waals surface area contributed by atoms with E-state index >= 15 is 0 Å². The molecule has 0 amide bonds. The SMILES string of the molecule is CCN(c1ncnc(NC23CC4CC(CC(C4)C2)C3)c1[N+](=O)[O-])c1cccc2ccccc12. The molecule has 170 valence electrons.